The Morgan fingerprint density at radius 3 is 2.29 bits per heavy atom. The quantitative estimate of drug-likeness (QED) is 0.517. The molecule has 2 aromatic rings. The lowest BCUT2D eigenvalue weighted by Crippen LogP contribution is -2.51. The highest BCUT2D eigenvalue weighted by molar-refractivity contribution is 7.90. The second-order valence-electron chi connectivity index (χ2n) is 7.54. The molecule has 2 heterocycles. The van der Waals surface area contributed by atoms with Crippen LogP contribution in [0, 0.1) is 5.82 Å². The Morgan fingerprint density at radius 1 is 1.00 bits per heavy atom. The minimum absolute atomic E-state index is 0.0540. The first-order valence-electron chi connectivity index (χ1n) is 9.97. The van der Waals surface area contributed by atoms with Crippen molar-refractivity contribution in [3.8, 4) is 0 Å². The van der Waals surface area contributed by atoms with E-state index in [0.717, 1.165) is 36.5 Å². The van der Waals surface area contributed by atoms with Gasteiger partial charge in [-0.2, -0.15) is 13.5 Å². The van der Waals surface area contributed by atoms with Crippen molar-refractivity contribution in [2.24, 2.45) is 9.50 Å². The average molecular weight is 464 g/mol. The molecular formula is C21H23ClFN5O2S. The van der Waals surface area contributed by atoms with Crippen molar-refractivity contribution < 1.29 is 12.8 Å². The molecule has 0 N–H and O–H groups in total. The van der Waals surface area contributed by atoms with Crippen molar-refractivity contribution in [1.82, 2.24) is 14.8 Å². The Labute approximate surface area is 186 Å². The normalized spacial score (nSPS) is 18.4. The molecule has 0 amide bonds. The van der Waals surface area contributed by atoms with Crippen molar-refractivity contribution in [2.45, 2.75) is 11.3 Å². The monoisotopic (exact) mass is 463 g/mol. The van der Waals surface area contributed by atoms with Crippen LogP contribution in [0.2, 0.25) is 5.02 Å². The molecule has 7 nitrogen and oxygen atoms in total. The van der Waals surface area contributed by atoms with Gasteiger partial charge in [0.1, 0.15) is 5.82 Å². The van der Waals surface area contributed by atoms with Gasteiger partial charge in [-0.15, -0.1) is 4.40 Å². The third-order valence-corrected chi connectivity index (χ3v) is 6.83. The number of sulfonamides is 1. The third-order valence-electron chi connectivity index (χ3n) is 5.31. The van der Waals surface area contributed by atoms with Gasteiger partial charge in [0.2, 0.25) is 5.96 Å². The second kappa shape index (κ2) is 8.94. The van der Waals surface area contributed by atoms with Crippen LogP contribution in [-0.4, -0.2) is 74.7 Å². The lowest BCUT2D eigenvalue weighted by atomic mass is 10.1. The first-order chi connectivity index (χ1) is 14.8. The van der Waals surface area contributed by atoms with E-state index in [2.05, 4.69) is 14.4 Å². The van der Waals surface area contributed by atoms with E-state index < -0.39 is 15.8 Å². The highest BCUT2D eigenvalue weighted by atomic mass is 35.5. The number of likely N-dealkylation sites (N-methyl/N-ethyl adjacent to an activating group) is 1. The van der Waals surface area contributed by atoms with Gasteiger partial charge in [0.25, 0.3) is 10.0 Å². The number of hydrogen-bond donors (Lipinski definition) is 0. The van der Waals surface area contributed by atoms with Gasteiger partial charge in [0, 0.05) is 37.6 Å². The summed E-state index contributed by atoms with van der Waals surface area (Å²) in [6, 6.07) is 12.1. The molecule has 0 atom stereocenters. The maximum atomic E-state index is 13.3. The molecule has 4 rings (SSSR count). The third kappa shape index (κ3) is 5.06. The molecule has 0 unspecified atom stereocenters. The van der Waals surface area contributed by atoms with E-state index in [1.54, 1.807) is 17.1 Å². The molecule has 2 aliphatic heterocycles. The number of rotatable bonds is 3. The van der Waals surface area contributed by atoms with E-state index in [0.29, 0.717) is 37.0 Å². The van der Waals surface area contributed by atoms with E-state index in [1.807, 2.05) is 24.1 Å². The number of benzene rings is 2. The SMILES string of the molecule is CN1CCN(C(=NS(=O)(=O)c2ccc(F)cc2)N2CCC(c3ccc(Cl)cc3)=N2)CC1. The van der Waals surface area contributed by atoms with Gasteiger partial charge in [-0.25, -0.2) is 9.40 Å². The van der Waals surface area contributed by atoms with Crippen molar-refractivity contribution >= 4 is 33.3 Å². The number of piperazine rings is 1. The molecule has 0 aliphatic carbocycles. The van der Waals surface area contributed by atoms with E-state index in [1.165, 1.54) is 12.1 Å². The fraction of sp³-hybridized carbons (Fsp3) is 0.333. The molecule has 0 saturated carbocycles. The molecule has 10 heteroatoms. The summed E-state index contributed by atoms with van der Waals surface area (Å²) in [5.41, 5.74) is 1.78. The van der Waals surface area contributed by atoms with Crippen LogP contribution in [0.25, 0.3) is 0 Å². The Kier molecular flexibility index (Phi) is 6.27. The largest absolute Gasteiger partial charge is 0.338 e. The molecule has 0 spiro atoms. The molecule has 0 aromatic heterocycles. The van der Waals surface area contributed by atoms with Crippen molar-refractivity contribution in [1.29, 1.82) is 0 Å². The van der Waals surface area contributed by atoms with E-state index in [4.69, 9.17) is 11.6 Å². The molecule has 2 aromatic carbocycles. The Balaban J connectivity index is 1.68. The summed E-state index contributed by atoms with van der Waals surface area (Å²) < 4.78 is 43.4. The molecule has 0 bridgehead atoms. The Bertz CT molecular complexity index is 1100. The second-order valence-corrected chi connectivity index (χ2v) is 9.58. The first-order valence-corrected chi connectivity index (χ1v) is 11.8. The Hall–Kier alpha value is -2.49. The van der Waals surface area contributed by atoms with Crippen LogP contribution in [0.4, 0.5) is 4.39 Å². The standard InChI is InChI=1S/C21H23ClFN5O2S/c1-26-12-14-27(15-13-26)21(25-31(29,30)19-8-6-18(23)7-9-19)28-11-10-20(24-28)16-2-4-17(22)5-3-16/h2-9H,10-15H2,1H3. The number of nitrogens with zero attached hydrogens (tertiary/aromatic N) is 5. The van der Waals surface area contributed by atoms with Crippen LogP contribution in [0.5, 0.6) is 0 Å². The van der Waals surface area contributed by atoms with Crippen LogP contribution < -0.4 is 0 Å². The highest BCUT2D eigenvalue weighted by Gasteiger charge is 2.29. The average Bonchev–Trinajstić information content (AvgIpc) is 3.24. The summed E-state index contributed by atoms with van der Waals surface area (Å²) in [5, 5.41) is 6.96. The summed E-state index contributed by atoms with van der Waals surface area (Å²) in [4.78, 5) is 4.06. The van der Waals surface area contributed by atoms with E-state index in [-0.39, 0.29) is 4.90 Å². The fourth-order valence-electron chi connectivity index (χ4n) is 3.49. The van der Waals surface area contributed by atoms with Crippen LogP contribution in [0.1, 0.15) is 12.0 Å². The van der Waals surface area contributed by atoms with E-state index in [9.17, 15) is 12.8 Å². The van der Waals surface area contributed by atoms with E-state index >= 15 is 0 Å². The summed E-state index contributed by atoms with van der Waals surface area (Å²) in [6.07, 6.45) is 0.658. The zero-order valence-electron chi connectivity index (χ0n) is 17.1. The van der Waals surface area contributed by atoms with Crippen LogP contribution in [0.3, 0.4) is 0 Å². The summed E-state index contributed by atoms with van der Waals surface area (Å²) in [5.74, 6) is -0.208. The van der Waals surface area contributed by atoms with Gasteiger partial charge in [0.15, 0.2) is 0 Å². The summed E-state index contributed by atoms with van der Waals surface area (Å²) in [6.45, 7) is 3.36. The lowest BCUT2D eigenvalue weighted by Gasteiger charge is -2.36. The number of guanidine groups is 1. The zero-order valence-corrected chi connectivity index (χ0v) is 18.7. The van der Waals surface area contributed by atoms with Gasteiger partial charge >= 0.3 is 0 Å². The zero-order chi connectivity index (χ0) is 22.0. The lowest BCUT2D eigenvalue weighted by molar-refractivity contribution is 0.199. The highest BCUT2D eigenvalue weighted by Crippen LogP contribution is 2.21. The smallest absolute Gasteiger partial charge is 0.285 e. The van der Waals surface area contributed by atoms with Crippen molar-refractivity contribution in [2.75, 3.05) is 39.8 Å². The van der Waals surface area contributed by atoms with Crippen LogP contribution in [-0.2, 0) is 10.0 Å². The molecule has 164 valence electrons. The first kappa shape index (κ1) is 21.7. The topological polar surface area (TPSA) is 68.6 Å². The molecular weight excluding hydrogens is 441 g/mol. The molecule has 31 heavy (non-hydrogen) atoms. The van der Waals surface area contributed by atoms with Gasteiger partial charge in [-0.05, 0) is 49.0 Å². The number of hydrogen-bond acceptors (Lipinski definition) is 4. The molecule has 1 fully saturated rings. The van der Waals surface area contributed by atoms with Crippen molar-refractivity contribution in [3.05, 3.63) is 64.9 Å². The van der Waals surface area contributed by atoms with Gasteiger partial charge in [-0.1, -0.05) is 23.7 Å². The number of hydrazone groups is 1. The van der Waals surface area contributed by atoms with Gasteiger partial charge < -0.3 is 9.80 Å². The van der Waals surface area contributed by atoms with Gasteiger partial charge in [-0.3, -0.25) is 0 Å². The predicted molar refractivity (Wildman–Crippen MR) is 119 cm³/mol. The van der Waals surface area contributed by atoms with Crippen LogP contribution in [0.15, 0.2) is 62.9 Å². The minimum atomic E-state index is -4.03. The van der Waals surface area contributed by atoms with Crippen molar-refractivity contribution in [3.63, 3.8) is 0 Å². The molecule has 1 saturated heterocycles. The predicted octanol–water partition coefficient (Wildman–Crippen LogP) is 2.88. The Morgan fingerprint density at radius 2 is 1.65 bits per heavy atom. The number of halogens is 2. The molecule has 2 aliphatic rings. The van der Waals surface area contributed by atoms with Gasteiger partial charge in [0.05, 0.1) is 17.2 Å². The summed E-state index contributed by atoms with van der Waals surface area (Å²) in [7, 11) is -2.00. The maximum absolute atomic E-state index is 13.3. The van der Waals surface area contributed by atoms with Crippen LogP contribution >= 0.6 is 11.6 Å². The molecule has 0 radical (unpaired) electrons. The minimum Gasteiger partial charge on any atom is -0.338 e. The summed E-state index contributed by atoms with van der Waals surface area (Å²) >= 11 is 5.98. The fourth-order valence-corrected chi connectivity index (χ4v) is 4.62. The maximum Gasteiger partial charge on any atom is 0.285 e.